The van der Waals surface area contributed by atoms with Gasteiger partial charge in [0.2, 0.25) is 17.4 Å². The van der Waals surface area contributed by atoms with E-state index in [1.807, 2.05) is 0 Å². The molecule has 1 saturated carbocycles. The van der Waals surface area contributed by atoms with Gasteiger partial charge in [0.15, 0.2) is 17.4 Å². The highest BCUT2D eigenvalue weighted by atomic mass is 19.2. The Morgan fingerprint density at radius 1 is 0.889 bits per heavy atom. The van der Waals surface area contributed by atoms with E-state index in [9.17, 15) is 27.2 Å². The Morgan fingerprint density at radius 2 is 1.52 bits per heavy atom. The number of hydrogen-bond donors (Lipinski definition) is 0. The van der Waals surface area contributed by atoms with Gasteiger partial charge in [-0.25, -0.2) is 13.6 Å². The number of hydrogen-bond acceptors (Lipinski definition) is 4. The van der Waals surface area contributed by atoms with E-state index in [2.05, 4.69) is 0 Å². The molecule has 146 valence electrons. The number of allylic oxidation sites excluding steroid dienone is 2. The molecule has 2 aliphatic carbocycles. The number of ketones is 1. The quantitative estimate of drug-likeness (QED) is 0.426. The van der Waals surface area contributed by atoms with Gasteiger partial charge in [0.1, 0.15) is 17.4 Å². The molecule has 0 aliphatic heterocycles. The number of carbonyl (C=O) groups is 2. The van der Waals surface area contributed by atoms with Crippen LogP contribution in [0.5, 0.6) is 5.75 Å². The number of carbonyl (C=O) groups excluding carboxylic acids is 2. The summed E-state index contributed by atoms with van der Waals surface area (Å²) in [4.78, 5) is 23.4. The van der Waals surface area contributed by atoms with E-state index in [0.29, 0.717) is 19.3 Å². The Hall–Kier alpha value is -2.38. The van der Waals surface area contributed by atoms with Crippen LogP contribution in [0.1, 0.15) is 61.7 Å². The molecule has 0 amide bonds. The molecule has 0 bridgehead atoms. The van der Waals surface area contributed by atoms with Crippen molar-refractivity contribution >= 4 is 11.8 Å². The van der Waals surface area contributed by atoms with Crippen molar-refractivity contribution in [2.75, 3.05) is 0 Å². The Kier molecular flexibility index (Phi) is 5.82. The lowest BCUT2D eigenvalue weighted by molar-refractivity contribution is -0.115. The Balaban J connectivity index is 1.88. The van der Waals surface area contributed by atoms with Crippen LogP contribution in [0.2, 0.25) is 0 Å². The van der Waals surface area contributed by atoms with E-state index in [4.69, 9.17) is 9.47 Å². The highest BCUT2D eigenvalue weighted by Gasteiger charge is 2.33. The molecule has 0 aromatic heterocycles. The first-order valence-corrected chi connectivity index (χ1v) is 8.86. The predicted octanol–water partition coefficient (Wildman–Crippen LogP) is 4.75. The molecule has 1 aromatic carbocycles. The third-order valence-electron chi connectivity index (χ3n) is 4.65. The van der Waals surface area contributed by atoms with E-state index in [0.717, 1.165) is 25.3 Å². The number of rotatable bonds is 4. The zero-order valence-electron chi connectivity index (χ0n) is 14.5. The van der Waals surface area contributed by atoms with E-state index in [1.165, 1.54) is 0 Å². The standard InChI is InChI=1S/C19H18F4O4/c20-14-13(19(25)27-11-6-2-1-3-7-11)15(21)17(23)18(16(14)22)26-12-8-4-5-10(24)9-12/h9,11H,1-8H2. The van der Waals surface area contributed by atoms with Gasteiger partial charge in [0.05, 0.1) is 0 Å². The second-order valence-corrected chi connectivity index (χ2v) is 6.66. The highest BCUT2D eigenvalue weighted by molar-refractivity contribution is 5.91. The number of halogens is 4. The van der Waals surface area contributed by atoms with Gasteiger partial charge in [0, 0.05) is 18.9 Å². The Bertz CT molecular complexity index is 768. The van der Waals surface area contributed by atoms with Gasteiger partial charge in [-0.15, -0.1) is 0 Å². The molecule has 2 aliphatic rings. The molecule has 0 heterocycles. The summed E-state index contributed by atoms with van der Waals surface area (Å²) >= 11 is 0. The molecule has 4 nitrogen and oxygen atoms in total. The first kappa shape index (κ1) is 19.4. The minimum absolute atomic E-state index is 0.0969. The summed E-state index contributed by atoms with van der Waals surface area (Å²) < 4.78 is 67.0. The fourth-order valence-electron chi connectivity index (χ4n) is 3.25. The van der Waals surface area contributed by atoms with Crippen molar-refractivity contribution < 1.29 is 36.6 Å². The average Bonchev–Trinajstić information content (AvgIpc) is 2.65. The normalized spacial score (nSPS) is 18.2. The third-order valence-corrected chi connectivity index (χ3v) is 4.65. The molecule has 0 saturated heterocycles. The maximum Gasteiger partial charge on any atom is 0.344 e. The first-order valence-electron chi connectivity index (χ1n) is 8.86. The largest absolute Gasteiger partial charge is 0.459 e. The van der Waals surface area contributed by atoms with Gasteiger partial charge in [-0.2, -0.15) is 8.78 Å². The number of benzene rings is 1. The molecule has 1 aromatic rings. The minimum atomic E-state index is -1.88. The molecule has 27 heavy (non-hydrogen) atoms. The SMILES string of the molecule is O=C1C=C(Oc2c(F)c(F)c(C(=O)OC3CCCCC3)c(F)c2F)CCC1. The van der Waals surface area contributed by atoms with Crippen LogP contribution in [-0.2, 0) is 9.53 Å². The second kappa shape index (κ2) is 8.10. The maximum absolute atomic E-state index is 14.3. The van der Waals surface area contributed by atoms with Crippen LogP contribution >= 0.6 is 0 Å². The van der Waals surface area contributed by atoms with E-state index in [-0.39, 0.29) is 24.4 Å². The van der Waals surface area contributed by atoms with Gasteiger partial charge in [0.25, 0.3) is 0 Å². The molecule has 0 atom stereocenters. The maximum atomic E-state index is 14.3. The highest BCUT2D eigenvalue weighted by Crippen LogP contribution is 2.33. The molecular weight excluding hydrogens is 368 g/mol. The zero-order valence-corrected chi connectivity index (χ0v) is 14.5. The Labute approximate surface area is 153 Å². The summed E-state index contributed by atoms with van der Waals surface area (Å²) in [5, 5.41) is 0. The number of ether oxygens (including phenoxy) is 2. The molecule has 0 radical (unpaired) electrons. The smallest absolute Gasteiger partial charge is 0.344 e. The second-order valence-electron chi connectivity index (χ2n) is 6.66. The van der Waals surface area contributed by atoms with Crippen molar-refractivity contribution in [3.63, 3.8) is 0 Å². The fraction of sp³-hybridized carbons (Fsp3) is 0.474. The number of esters is 1. The van der Waals surface area contributed by atoms with E-state index >= 15 is 0 Å². The minimum Gasteiger partial charge on any atom is -0.459 e. The molecule has 0 unspecified atom stereocenters. The molecule has 1 fully saturated rings. The van der Waals surface area contributed by atoms with Crippen LogP contribution in [-0.4, -0.2) is 17.9 Å². The molecular formula is C19H18F4O4. The van der Waals surface area contributed by atoms with Crippen molar-refractivity contribution in [3.8, 4) is 5.75 Å². The third kappa shape index (κ3) is 4.14. The van der Waals surface area contributed by atoms with Crippen molar-refractivity contribution in [3.05, 3.63) is 40.7 Å². The summed E-state index contributed by atoms with van der Waals surface area (Å²) in [7, 11) is 0. The topological polar surface area (TPSA) is 52.6 Å². The van der Waals surface area contributed by atoms with Crippen LogP contribution in [0.25, 0.3) is 0 Å². The molecule has 0 spiro atoms. The first-order chi connectivity index (χ1) is 12.9. The summed E-state index contributed by atoms with van der Waals surface area (Å²) in [6.07, 6.45) is 4.96. The van der Waals surface area contributed by atoms with Crippen molar-refractivity contribution in [1.82, 2.24) is 0 Å². The van der Waals surface area contributed by atoms with Gasteiger partial charge in [-0.1, -0.05) is 6.42 Å². The summed E-state index contributed by atoms with van der Waals surface area (Å²) in [5.41, 5.74) is -1.42. The summed E-state index contributed by atoms with van der Waals surface area (Å²) in [6.45, 7) is 0. The fourth-order valence-corrected chi connectivity index (χ4v) is 3.25. The molecule has 0 N–H and O–H groups in total. The van der Waals surface area contributed by atoms with Gasteiger partial charge in [-0.3, -0.25) is 4.79 Å². The van der Waals surface area contributed by atoms with Crippen LogP contribution in [0, 0.1) is 23.3 Å². The molecule has 3 rings (SSSR count). The van der Waals surface area contributed by atoms with Crippen LogP contribution in [0.3, 0.4) is 0 Å². The van der Waals surface area contributed by atoms with Crippen LogP contribution in [0.4, 0.5) is 17.6 Å². The molecule has 8 heteroatoms. The van der Waals surface area contributed by atoms with Crippen molar-refractivity contribution in [2.45, 2.75) is 57.5 Å². The zero-order chi connectivity index (χ0) is 19.6. The van der Waals surface area contributed by atoms with E-state index in [1.54, 1.807) is 0 Å². The van der Waals surface area contributed by atoms with Crippen LogP contribution < -0.4 is 4.74 Å². The van der Waals surface area contributed by atoms with Gasteiger partial charge < -0.3 is 9.47 Å². The lowest BCUT2D eigenvalue weighted by atomic mass is 9.98. The average molecular weight is 386 g/mol. The predicted molar refractivity (Wildman–Crippen MR) is 86.1 cm³/mol. The van der Waals surface area contributed by atoms with Crippen molar-refractivity contribution in [2.24, 2.45) is 0 Å². The van der Waals surface area contributed by atoms with Crippen molar-refractivity contribution in [1.29, 1.82) is 0 Å². The van der Waals surface area contributed by atoms with Gasteiger partial charge in [-0.05, 0) is 32.1 Å². The Morgan fingerprint density at radius 3 is 2.11 bits per heavy atom. The lowest BCUT2D eigenvalue weighted by Gasteiger charge is -2.22. The van der Waals surface area contributed by atoms with Gasteiger partial charge >= 0.3 is 5.97 Å². The van der Waals surface area contributed by atoms with E-state index < -0.39 is 46.7 Å². The van der Waals surface area contributed by atoms with Crippen LogP contribution in [0.15, 0.2) is 11.8 Å². The lowest BCUT2D eigenvalue weighted by Crippen LogP contribution is -2.23. The summed E-state index contributed by atoms with van der Waals surface area (Å²) in [5.74, 6) is -10.6. The summed E-state index contributed by atoms with van der Waals surface area (Å²) in [6, 6.07) is 0. The monoisotopic (exact) mass is 386 g/mol.